The monoisotopic (exact) mass is 445 g/mol. The maximum absolute atomic E-state index is 11.5. The number of aromatic nitrogens is 1. The molecule has 5 heteroatoms. The molecule has 0 radical (unpaired) electrons. The minimum Gasteiger partial charge on any atom is -0.481 e. The molecule has 0 bridgehead atoms. The topological polar surface area (TPSA) is 74.2 Å². The first-order valence-electron chi connectivity index (χ1n) is 12.7. The van der Waals surface area contributed by atoms with Crippen LogP contribution in [0.15, 0.2) is 53.8 Å². The summed E-state index contributed by atoms with van der Waals surface area (Å²) in [5.74, 6) is 1.16. The minimum absolute atomic E-state index is 0.0640. The molecule has 174 valence electrons. The Kier molecular flexibility index (Phi) is 6.65. The van der Waals surface area contributed by atoms with Gasteiger partial charge in [0.2, 0.25) is 0 Å². The first kappa shape index (κ1) is 22.0. The number of hydrogen-bond donors (Lipinski definition) is 3. The van der Waals surface area contributed by atoms with E-state index < -0.39 is 5.97 Å². The van der Waals surface area contributed by atoms with Crippen molar-refractivity contribution in [3.8, 4) is 0 Å². The van der Waals surface area contributed by atoms with E-state index >= 15 is 0 Å². The lowest BCUT2D eigenvalue weighted by molar-refractivity contribution is -0.137. The summed E-state index contributed by atoms with van der Waals surface area (Å²) in [4.78, 5) is 16.5. The van der Waals surface area contributed by atoms with Gasteiger partial charge in [-0.15, -0.1) is 0 Å². The lowest BCUT2D eigenvalue weighted by Crippen LogP contribution is -2.29. The SMILES string of the molecule is O=C(O)CC(CCCCC1CCc2cc3c(nc2C1)NCCC3)C1=CNC2C=CC=CC2=C1. The smallest absolute Gasteiger partial charge is 0.303 e. The van der Waals surface area contributed by atoms with Crippen LogP contribution < -0.4 is 10.6 Å². The van der Waals surface area contributed by atoms with E-state index in [4.69, 9.17) is 4.98 Å². The van der Waals surface area contributed by atoms with Crippen LogP contribution in [0.3, 0.4) is 0 Å². The molecule has 33 heavy (non-hydrogen) atoms. The van der Waals surface area contributed by atoms with E-state index in [1.54, 1.807) is 0 Å². The maximum atomic E-state index is 11.5. The Morgan fingerprint density at radius 3 is 3.06 bits per heavy atom. The average Bonchev–Trinajstić information content (AvgIpc) is 2.84. The number of rotatable bonds is 8. The molecule has 3 N–H and O–H groups in total. The van der Waals surface area contributed by atoms with E-state index in [1.165, 1.54) is 41.7 Å². The molecule has 2 aliphatic carbocycles. The Labute approximate surface area is 196 Å². The van der Waals surface area contributed by atoms with Crippen molar-refractivity contribution in [2.45, 2.75) is 70.3 Å². The number of aliphatic carboxylic acids is 1. The Bertz CT molecular complexity index is 1020. The summed E-state index contributed by atoms with van der Waals surface area (Å²) in [6, 6.07) is 2.62. The van der Waals surface area contributed by atoms with Gasteiger partial charge in [-0.2, -0.15) is 0 Å². The molecule has 0 amide bonds. The molecule has 1 aromatic rings. The van der Waals surface area contributed by atoms with Crippen molar-refractivity contribution in [2.75, 3.05) is 11.9 Å². The summed E-state index contributed by atoms with van der Waals surface area (Å²) >= 11 is 0. The Hall–Kier alpha value is -2.82. The van der Waals surface area contributed by atoms with Crippen LogP contribution in [0, 0.1) is 11.8 Å². The van der Waals surface area contributed by atoms with Crippen molar-refractivity contribution in [2.24, 2.45) is 11.8 Å². The second-order valence-corrected chi connectivity index (χ2v) is 10.00. The van der Waals surface area contributed by atoms with Gasteiger partial charge in [-0.3, -0.25) is 4.79 Å². The summed E-state index contributed by atoms with van der Waals surface area (Å²) in [7, 11) is 0. The van der Waals surface area contributed by atoms with Gasteiger partial charge in [0.1, 0.15) is 5.82 Å². The number of anilines is 1. The van der Waals surface area contributed by atoms with Crippen molar-refractivity contribution in [3.63, 3.8) is 0 Å². The second-order valence-electron chi connectivity index (χ2n) is 10.00. The fourth-order valence-corrected chi connectivity index (χ4v) is 5.77. The third kappa shape index (κ3) is 5.23. The van der Waals surface area contributed by atoms with Crippen molar-refractivity contribution in [1.29, 1.82) is 0 Å². The van der Waals surface area contributed by atoms with Crippen molar-refractivity contribution < 1.29 is 9.90 Å². The number of allylic oxidation sites excluding steroid dienone is 4. The highest BCUT2D eigenvalue weighted by atomic mass is 16.4. The number of carboxylic acid groups (broad SMARTS) is 1. The zero-order chi connectivity index (χ0) is 22.6. The Balaban J connectivity index is 1.14. The molecular weight excluding hydrogens is 410 g/mol. The van der Waals surface area contributed by atoms with Crippen LogP contribution in [-0.4, -0.2) is 28.6 Å². The van der Waals surface area contributed by atoms with Gasteiger partial charge in [-0.05, 0) is 72.6 Å². The maximum Gasteiger partial charge on any atom is 0.303 e. The third-order valence-electron chi connectivity index (χ3n) is 7.62. The fraction of sp³-hybridized carbons (Fsp3) is 0.500. The van der Waals surface area contributed by atoms with Crippen LogP contribution in [-0.2, 0) is 24.1 Å². The Morgan fingerprint density at radius 1 is 1.21 bits per heavy atom. The number of fused-ring (bicyclic) bond motifs is 3. The number of carboxylic acids is 1. The van der Waals surface area contributed by atoms with E-state index in [-0.39, 0.29) is 18.4 Å². The molecular formula is C28H35N3O2. The molecule has 3 heterocycles. The van der Waals surface area contributed by atoms with E-state index in [1.807, 2.05) is 18.4 Å². The molecule has 5 nitrogen and oxygen atoms in total. The van der Waals surface area contributed by atoms with Crippen LogP contribution in [0.25, 0.3) is 0 Å². The number of nitrogens with one attached hydrogen (secondary N) is 2. The lowest BCUT2D eigenvalue weighted by Gasteiger charge is -2.28. The van der Waals surface area contributed by atoms with Gasteiger partial charge in [0.15, 0.2) is 0 Å². The molecule has 0 aromatic carbocycles. The van der Waals surface area contributed by atoms with Gasteiger partial charge in [0.05, 0.1) is 12.5 Å². The summed E-state index contributed by atoms with van der Waals surface area (Å²) < 4.78 is 0. The first-order valence-corrected chi connectivity index (χ1v) is 12.7. The summed E-state index contributed by atoms with van der Waals surface area (Å²) in [6.07, 6.45) is 23.0. The van der Waals surface area contributed by atoms with Gasteiger partial charge >= 0.3 is 5.97 Å². The zero-order valence-corrected chi connectivity index (χ0v) is 19.4. The first-order chi connectivity index (χ1) is 16.2. The number of aryl methyl sites for hydroxylation is 2. The predicted molar refractivity (Wildman–Crippen MR) is 132 cm³/mol. The predicted octanol–water partition coefficient (Wildman–Crippen LogP) is 5.10. The van der Waals surface area contributed by atoms with Crippen LogP contribution in [0.4, 0.5) is 5.82 Å². The van der Waals surface area contributed by atoms with Gasteiger partial charge < -0.3 is 15.7 Å². The fourth-order valence-electron chi connectivity index (χ4n) is 5.77. The summed E-state index contributed by atoms with van der Waals surface area (Å²) in [5.41, 5.74) is 6.50. The van der Waals surface area contributed by atoms with Crippen molar-refractivity contribution in [1.82, 2.24) is 10.3 Å². The quantitative estimate of drug-likeness (QED) is 0.485. The molecule has 2 aliphatic heterocycles. The number of nitrogens with zero attached hydrogens (tertiary/aromatic N) is 1. The van der Waals surface area contributed by atoms with Crippen molar-refractivity contribution >= 4 is 11.8 Å². The highest BCUT2D eigenvalue weighted by molar-refractivity contribution is 5.68. The van der Waals surface area contributed by atoms with Gasteiger partial charge in [-0.25, -0.2) is 4.98 Å². The van der Waals surface area contributed by atoms with Gasteiger partial charge in [0, 0.05) is 18.4 Å². The molecule has 3 unspecified atom stereocenters. The van der Waals surface area contributed by atoms with Crippen LogP contribution in [0.5, 0.6) is 0 Å². The number of unbranched alkanes of at least 4 members (excludes halogenated alkanes) is 1. The van der Waals surface area contributed by atoms with Crippen LogP contribution in [0.1, 0.15) is 61.8 Å². The van der Waals surface area contributed by atoms with Crippen molar-refractivity contribution in [3.05, 3.63) is 70.6 Å². The van der Waals surface area contributed by atoms with Crippen LogP contribution >= 0.6 is 0 Å². The van der Waals surface area contributed by atoms with Crippen LogP contribution in [0.2, 0.25) is 0 Å². The number of pyridine rings is 1. The van der Waals surface area contributed by atoms with E-state index in [0.717, 1.165) is 56.5 Å². The molecule has 0 saturated carbocycles. The highest BCUT2D eigenvalue weighted by Crippen LogP contribution is 2.33. The van der Waals surface area contributed by atoms with E-state index in [2.05, 4.69) is 34.9 Å². The number of carbonyl (C=O) groups is 1. The lowest BCUT2D eigenvalue weighted by atomic mass is 9.82. The number of hydrogen-bond acceptors (Lipinski definition) is 4. The number of dihydropyridines is 1. The molecule has 1 aromatic heterocycles. The normalized spacial score (nSPS) is 23.8. The molecule has 3 atom stereocenters. The Morgan fingerprint density at radius 2 is 2.15 bits per heavy atom. The molecule has 0 spiro atoms. The molecule has 0 saturated heterocycles. The summed E-state index contributed by atoms with van der Waals surface area (Å²) in [5, 5.41) is 16.4. The molecule has 5 rings (SSSR count). The minimum atomic E-state index is -0.715. The van der Waals surface area contributed by atoms with E-state index in [0.29, 0.717) is 5.92 Å². The third-order valence-corrected chi connectivity index (χ3v) is 7.62. The van der Waals surface area contributed by atoms with Gasteiger partial charge in [-0.1, -0.05) is 55.7 Å². The average molecular weight is 446 g/mol. The highest BCUT2D eigenvalue weighted by Gasteiger charge is 2.24. The molecule has 4 aliphatic rings. The summed E-state index contributed by atoms with van der Waals surface area (Å²) in [6.45, 7) is 1.04. The zero-order valence-electron chi connectivity index (χ0n) is 19.4. The standard InChI is InChI=1S/C28H35N3O2/c32-27(33)17-20(24-16-21-8-3-4-10-25(21)30-18-24)7-2-1-6-19-11-12-22-15-23-9-5-13-29-28(23)31-26(22)14-19/h3-4,8,10,15-16,18-20,25,30H,1-2,5-7,9,11-14,17H2,(H,29,31)(H,32,33). The largest absolute Gasteiger partial charge is 0.481 e. The van der Waals surface area contributed by atoms with Gasteiger partial charge in [0.25, 0.3) is 0 Å². The van der Waals surface area contributed by atoms with E-state index in [9.17, 15) is 9.90 Å². The second kappa shape index (κ2) is 9.98. The molecule has 0 fully saturated rings.